The molecule has 3 rings (SSSR count). The molecule has 0 saturated carbocycles. The molecule has 5 nitrogen and oxygen atoms in total. The number of hydrogen-bond acceptors (Lipinski definition) is 3. The first kappa shape index (κ1) is 19.5. The molecule has 146 valence electrons. The summed E-state index contributed by atoms with van der Waals surface area (Å²) in [5, 5.41) is 4.58. The molecule has 1 amide bonds. The molecule has 1 aromatic heterocycles. The summed E-state index contributed by atoms with van der Waals surface area (Å²) in [4.78, 5) is 17.3. The van der Waals surface area contributed by atoms with Crippen molar-refractivity contribution in [3.05, 3.63) is 53.1 Å². The van der Waals surface area contributed by atoms with Crippen molar-refractivity contribution in [2.75, 3.05) is 27.2 Å². The van der Waals surface area contributed by atoms with Crippen LogP contribution in [0.1, 0.15) is 54.4 Å². The van der Waals surface area contributed by atoms with Crippen LogP contribution in [-0.4, -0.2) is 58.7 Å². The van der Waals surface area contributed by atoms with E-state index in [0.29, 0.717) is 25.3 Å². The number of benzene rings is 1. The Balaban J connectivity index is 1.87. The van der Waals surface area contributed by atoms with Gasteiger partial charge in [0.2, 0.25) is 0 Å². The van der Waals surface area contributed by atoms with Gasteiger partial charge in [-0.1, -0.05) is 26.0 Å². The van der Waals surface area contributed by atoms with E-state index in [1.807, 2.05) is 44.1 Å². The van der Waals surface area contributed by atoms with Crippen molar-refractivity contribution in [1.29, 1.82) is 0 Å². The summed E-state index contributed by atoms with van der Waals surface area (Å²) in [5.74, 6) is 0.225. The fourth-order valence-corrected chi connectivity index (χ4v) is 3.81. The van der Waals surface area contributed by atoms with E-state index in [2.05, 4.69) is 23.8 Å². The van der Waals surface area contributed by atoms with Gasteiger partial charge in [-0.3, -0.25) is 9.48 Å². The van der Waals surface area contributed by atoms with Crippen LogP contribution in [-0.2, 0) is 6.54 Å². The third-order valence-corrected chi connectivity index (χ3v) is 5.45. The van der Waals surface area contributed by atoms with Gasteiger partial charge in [-0.25, -0.2) is 4.39 Å². The molecule has 0 bridgehead atoms. The Morgan fingerprint density at radius 2 is 1.93 bits per heavy atom. The van der Waals surface area contributed by atoms with E-state index in [1.54, 1.807) is 4.68 Å². The molecule has 1 aromatic carbocycles. The molecule has 0 radical (unpaired) electrons. The number of nitrogens with zero attached hydrogens (tertiary/aromatic N) is 4. The number of hydrogen-bond donors (Lipinski definition) is 0. The van der Waals surface area contributed by atoms with Crippen molar-refractivity contribution in [3.63, 3.8) is 0 Å². The predicted octanol–water partition coefficient (Wildman–Crippen LogP) is 3.34. The Labute approximate surface area is 160 Å². The minimum absolute atomic E-state index is 0.0210. The Bertz CT molecular complexity index is 797. The molecule has 2 aromatic rings. The molecule has 0 aliphatic carbocycles. The van der Waals surface area contributed by atoms with Crippen LogP contribution in [0.4, 0.5) is 4.39 Å². The van der Waals surface area contributed by atoms with E-state index < -0.39 is 0 Å². The number of halogens is 1. The minimum atomic E-state index is -0.237. The highest BCUT2D eigenvalue weighted by Gasteiger charge is 2.38. The van der Waals surface area contributed by atoms with E-state index in [9.17, 15) is 9.18 Å². The minimum Gasteiger partial charge on any atom is -0.335 e. The van der Waals surface area contributed by atoms with Gasteiger partial charge in [0, 0.05) is 31.6 Å². The number of rotatable bonds is 5. The predicted molar refractivity (Wildman–Crippen MR) is 105 cm³/mol. The number of likely N-dealkylation sites (N-methyl/N-ethyl adjacent to an activating group) is 1. The third-order valence-electron chi connectivity index (χ3n) is 5.45. The van der Waals surface area contributed by atoms with Crippen molar-refractivity contribution in [2.24, 2.45) is 0 Å². The summed E-state index contributed by atoms with van der Waals surface area (Å²) in [6, 6.07) is 8.77. The maximum Gasteiger partial charge on any atom is 0.272 e. The highest BCUT2D eigenvalue weighted by molar-refractivity contribution is 5.93. The fourth-order valence-electron chi connectivity index (χ4n) is 3.81. The standard InChI is InChI=1S/C21H29FN4O/c1-6-26-19(11-18(23-26)14(2)3)21(27)25-12-17(20(13-25)24(4)5)15-7-9-16(22)10-8-15/h7-11,14,17,20H,6,12-13H2,1-5H3. The second kappa shape index (κ2) is 7.80. The number of likely N-dealkylation sites (tertiary alicyclic amines) is 1. The van der Waals surface area contributed by atoms with Gasteiger partial charge >= 0.3 is 0 Å². The lowest BCUT2D eigenvalue weighted by atomic mass is 9.94. The first-order chi connectivity index (χ1) is 12.8. The van der Waals surface area contributed by atoms with Crippen LogP contribution in [0.25, 0.3) is 0 Å². The lowest BCUT2D eigenvalue weighted by Gasteiger charge is -2.25. The summed E-state index contributed by atoms with van der Waals surface area (Å²) >= 11 is 0. The molecule has 1 fully saturated rings. The molecular formula is C21H29FN4O. The molecule has 0 N–H and O–H groups in total. The Hall–Kier alpha value is -2.21. The van der Waals surface area contributed by atoms with Gasteiger partial charge in [-0.15, -0.1) is 0 Å². The van der Waals surface area contributed by atoms with E-state index >= 15 is 0 Å². The van der Waals surface area contributed by atoms with Crippen LogP contribution in [0.5, 0.6) is 0 Å². The van der Waals surface area contributed by atoms with Crippen LogP contribution >= 0.6 is 0 Å². The van der Waals surface area contributed by atoms with Crippen LogP contribution in [0.15, 0.2) is 30.3 Å². The smallest absolute Gasteiger partial charge is 0.272 e. The normalized spacial score (nSPS) is 20.1. The van der Waals surface area contributed by atoms with Crippen LogP contribution in [0.2, 0.25) is 0 Å². The SMILES string of the molecule is CCn1nc(C(C)C)cc1C(=O)N1CC(c2ccc(F)cc2)C(N(C)C)C1. The lowest BCUT2D eigenvalue weighted by molar-refractivity contribution is 0.0770. The van der Waals surface area contributed by atoms with Gasteiger partial charge in [0.25, 0.3) is 5.91 Å². The van der Waals surface area contributed by atoms with Crippen LogP contribution in [0, 0.1) is 5.82 Å². The Morgan fingerprint density at radius 1 is 1.26 bits per heavy atom. The topological polar surface area (TPSA) is 41.4 Å². The first-order valence-corrected chi connectivity index (χ1v) is 9.60. The highest BCUT2D eigenvalue weighted by Crippen LogP contribution is 2.31. The average Bonchev–Trinajstić information content (AvgIpc) is 3.26. The summed E-state index contributed by atoms with van der Waals surface area (Å²) in [6.07, 6.45) is 0. The van der Waals surface area contributed by atoms with Gasteiger partial charge in [-0.2, -0.15) is 5.10 Å². The molecular weight excluding hydrogens is 343 g/mol. The molecule has 6 heteroatoms. The highest BCUT2D eigenvalue weighted by atomic mass is 19.1. The second-order valence-electron chi connectivity index (χ2n) is 7.82. The van der Waals surface area contributed by atoms with Crippen LogP contribution in [0.3, 0.4) is 0 Å². The van der Waals surface area contributed by atoms with E-state index in [0.717, 1.165) is 11.3 Å². The summed E-state index contributed by atoms with van der Waals surface area (Å²) in [6.45, 7) is 8.11. The molecule has 1 aliphatic rings. The quantitative estimate of drug-likeness (QED) is 0.808. The maximum atomic E-state index is 13.3. The number of aryl methyl sites for hydroxylation is 1. The van der Waals surface area contributed by atoms with Crippen molar-refractivity contribution in [3.8, 4) is 0 Å². The number of amides is 1. The Kier molecular flexibility index (Phi) is 5.65. The average molecular weight is 372 g/mol. The number of aromatic nitrogens is 2. The van der Waals surface area contributed by atoms with Gasteiger partial charge in [0.15, 0.2) is 0 Å². The monoisotopic (exact) mass is 372 g/mol. The van der Waals surface area contributed by atoms with Gasteiger partial charge < -0.3 is 9.80 Å². The van der Waals surface area contributed by atoms with Gasteiger partial charge in [0.1, 0.15) is 11.5 Å². The van der Waals surface area contributed by atoms with Crippen molar-refractivity contribution >= 4 is 5.91 Å². The van der Waals surface area contributed by atoms with E-state index in [-0.39, 0.29) is 29.6 Å². The summed E-state index contributed by atoms with van der Waals surface area (Å²) < 4.78 is 15.1. The zero-order chi connectivity index (χ0) is 19.7. The van der Waals surface area contributed by atoms with Crippen molar-refractivity contribution < 1.29 is 9.18 Å². The summed E-state index contributed by atoms with van der Waals surface area (Å²) in [7, 11) is 4.06. The number of carbonyl (C=O) groups excluding carboxylic acids is 1. The molecule has 2 atom stereocenters. The summed E-state index contributed by atoms with van der Waals surface area (Å²) in [5.41, 5.74) is 2.66. The lowest BCUT2D eigenvalue weighted by Crippen LogP contribution is -2.36. The largest absolute Gasteiger partial charge is 0.335 e. The first-order valence-electron chi connectivity index (χ1n) is 9.60. The fraction of sp³-hybridized carbons (Fsp3) is 0.524. The van der Waals surface area contributed by atoms with E-state index in [1.165, 1.54) is 12.1 Å². The Morgan fingerprint density at radius 3 is 2.48 bits per heavy atom. The van der Waals surface area contributed by atoms with Crippen LogP contribution < -0.4 is 0 Å². The molecule has 2 unspecified atom stereocenters. The maximum absolute atomic E-state index is 13.3. The molecule has 27 heavy (non-hydrogen) atoms. The zero-order valence-corrected chi connectivity index (χ0v) is 16.8. The van der Waals surface area contributed by atoms with Gasteiger partial charge in [-0.05, 0) is 50.7 Å². The van der Waals surface area contributed by atoms with Crippen molar-refractivity contribution in [2.45, 2.75) is 45.2 Å². The molecule has 0 spiro atoms. The second-order valence-corrected chi connectivity index (χ2v) is 7.82. The molecule has 2 heterocycles. The van der Waals surface area contributed by atoms with Gasteiger partial charge in [0.05, 0.1) is 5.69 Å². The third kappa shape index (κ3) is 3.90. The molecule has 1 aliphatic heterocycles. The molecule has 1 saturated heterocycles. The van der Waals surface area contributed by atoms with E-state index in [4.69, 9.17) is 0 Å². The number of carbonyl (C=O) groups is 1. The zero-order valence-electron chi connectivity index (χ0n) is 16.8. The van der Waals surface area contributed by atoms with Crippen molar-refractivity contribution in [1.82, 2.24) is 19.6 Å².